The van der Waals surface area contributed by atoms with Crippen LogP contribution in [0.4, 0.5) is 13.2 Å². The van der Waals surface area contributed by atoms with Crippen LogP contribution in [-0.4, -0.2) is 19.9 Å². The first-order valence-electron chi connectivity index (χ1n) is 8.02. The molecule has 28 heavy (non-hydrogen) atoms. The molecule has 0 fully saturated rings. The van der Waals surface area contributed by atoms with Gasteiger partial charge in [-0.15, -0.1) is 11.3 Å². The van der Waals surface area contributed by atoms with Crippen LogP contribution in [0.5, 0.6) is 0 Å². The molecule has 0 atom stereocenters. The SMILES string of the molecule is O=S(=O)(NCCc1csc(-c2ccc(C(F)(F)F)cc2)n1)c1ccc(Cl)cc1. The van der Waals surface area contributed by atoms with Crippen LogP contribution in [0, 0.1) is 0 Å². The molecule has 0 radical (unpaired) electrons. The molecule has 1 N–H and O–H groups in total. The second kappa shape index (κ2) is 8.20. The van der Waals surface area contributed by atoms with Crippen LogP contribution in [0.1, 0.15) is 11.3 Å². The molecule has 3 aromatic rings. The maximum Gasteiger partial charge on any atom is 0.416 e. The van der Waals surface area contributed by atoms with Crippen LogP contribution in [-0.2, 0) is 22.6 Å². The average molecular weight is 447 g/mol. The summed E-state index contributed by atoms with van der Waals surface area (Å²) in [6, 6.07) is 10.6. The highest BCUT2D eigenvalue weighted by molar-refractivity contribution is 7.89. The Bertz CT molecular complexity index is 1050. The van der Waals surface area contributed by atoms with Crippen molar-refractivity contribution in [3.63, 3.8) is 0 Å². The zero-order chi connectivity index (χ0) is 20.4. The largest absolute Gasteiger partial charge is 0.416 e. The quantitative estimate of drug-likeness (QED) is 0.579. The summed E-state index contributed by atoms with van der Waals surface area (Å²) in [4.78, 5) is 4.47. The topological polar surface area (TPSA) is 59.1 Å². The predicted octanol–water partition coefficient (Wildman–Crippen LogP) is 5.00. The van der Waals surface area contributed by atoms with Gasteiger partial charge in [0.1, 0.15) is 5.01 Å². The van der Waals surface area contributed by atoms with Gasteiger partial charge in [0.25, 0.3) is 0 Å². The second-order valence-corrected chi connectivity index (χ2v) is 8.88. The summed E-state index contributed by atoms with van der Waals surface area (Å²) in [5.74, 6) is 0. The van der Waals surface area contributed by atoms with Crippen molar-refractivity contribution >= 4 is 33.0 Å². The highest BCUT2D eigenvalue weighted by atomic mass is 35.5. The standard InChI is InChI=1S/C18H14ClF3N2O2S2/c19-14-5-7-16(8-6-14)28(25,26)23-10-9-15-11-27-17(24-15)12-1-3-13(4-2-12)18(20,21)22/h1-8,11,23H,9-10H2. The fourth-order valence-electron chi connectivity index (χ4n) is 2.37. The Morgan fingerprint density at radius 2 is 1.68 bits per heavy atom. The Labute approximate surface area is 169 Å². The van der Waals surface area contributed by atoms with Crippen molar-refractivity contribution in [3.05, 3.63) is 70.2 Å². The van der Waals surface area contributed by atoms with Crippen LogP contribution in [0.2, 0.25) is 5.02 Å². The van der Waals surface area contributed by atoms with E-state index in [4.69, 9.17) is 11.6 Å². The molecule has 2 aromatic carbocycles. The van der Waals surface area contributed by atoms with Gasteiger partial charge in [0.05, 0.1) is 16.2 Å². The Hall–Kier alpha value is -1.94. The summed E-state index contributed by atoms with van der Waals surface area (Å²) in [5.41, 5.74) is 0.509. The molecule has 0 amide bonds. The second-order valence-electron chi connectivity index (χ2n) is 5.82. The zero-order valence-corrected chi connectivity index (χ0v) is 16.6. The van der Waals surface area contributed by atoms with Gasteiger partial charge in [-0.05, 0) is 36.4 Å². The molecule has 0 aliphatic rings. The molecule has 4 nitrogen and oxygen atoms in total. The van der Waals surface area contributed by atoms with Gasteiger partial charge in [-0.2, -0.15) is 13.2 Å². The number of nitrogens with one attached hydrogen (secondary N) is 1. The highest BCUT2D eigenvalue weighted by Gasteiger charge is 2.30. The number of alkyl halides is 3. The maximum absolute atomic E-state index is 12.6. The summed E-state index contributed by atoms with van der Waals surface area (Å²) in [6.45, 7) is 0.140. The van der Waals surface area contributed by atoms with Crippen LogP contribution in [0.15, 0.2) is 58.8 Å². The van der Waals surface area contributed by atoms with Crippen LogP contribution < -0.4 is 4.72 Å². The molecular formula is C18H14ClF3N2O2S2. The number of rotatable bonds is 6. The number of aromatic nitrogens is 1. The van der Waals surface area contributed by atoms with Gasteiger partial charge < -0.3 is 0 Å². The molecule has 148 valence electrons. The Balaban J connectivity index is 1.61. The first-order chi connectivity index (χ1) is 13.1. The monoisotopic (exact) mass is 446 g/mol. The van der Waals surface area contributed by atoms with Crippen molar-refractivity contribution in [3.8, 4) is 10.6 Å². The van der Waals surface area contributed by atoms with Crippen molar-refractivity contribution in [2.45, 2.75) is 17.5 Å². The number of hydrogen-bond donors (Lipinski definition) is 1. The van der Waals surface area contributed by atoms with E-state index in [2.05, 4.69) is 9.71 Å². The zero-order valence-electron chi connectivity index (χ0n) is 14.2. The van der Waals surface area contributed by atoms with E-state index in [1.54, 1.807) is 5.38 Å². The van der Waals surface area contributed by atoms with Gasteiger partial charge in [0, 0.05) is 28.9 Å². The molecule has 0 saturated carbocycles. The smallest absolute Gasteiger partial charge is 0.241 e. The summed E-state index contributed by atoms with van der Waals surface area (Å²) in [7, 11) is -3.65. The summed E-state index contributed by atoms with van der Waals surface area (Å²) < 4.78 is 64.8. The lowest BCUT2D eigenvalue weighted by Gasteiger charge is -2.06. The van der Waals surface area contributed by atoms with Crippen molar-refractivity contribution < 1.29 is 21.6 Å². The van der Waals surface area contributed by atoms with E-state index in [9.17, 15) is 21.6 Å². The van der Waals surface area contributed by atoms with Crippen molar-refractivity contribution in [1.82, 2.24) is 9.71 Å². The number of nitrogens with zero attached hydrogens (tertiary/aromatic N) is 1. The molecule has 3 rings (SSSR count). The third-order valence-corrected chi connectivity index (χ3v) is 6.48. The van der Waals surface area contributed by atoms with Gasteiger partial charge in [-0.1, -0.05) is 23.7 Å². The van der Waals surface area contributed by atoms with Crippen LogP contribution in [0.25, 0.3) is 10.6 Å². The Morgan fingerprint density at radius 3 is 2.29 bits per heavy atom. The molecule has 1 aromatic heterocycles. The van der Waals surface area contributed by atoms with E-state index in [-0.39, 0.29) is 11.4 Å². The molecule has 0 unspecified atom stereocenters. The first-order valence-corrected chi connectivity index (χ1v) is 10.8. The minimum Gasteiger partial charge on any atom is -0.241 e. The van der Waals surface area contributed by atoms with Gasteiger partial charge in [-0.3, -0.25) is 0 Å². The lowest BCUT2D eigenvalue weighted by Crippen LogP contribution is -2.26. The maximum atomic E-state index is 12.6. The van der Waals surface area contributed by atoms with E-state index < -0.39 is 21.8 Å². The van der Waals surface area contributed by atoms with E-state index in [0.717, 1.165) is 12.1 Å². The molecule has 0 aliphatic carbocycles. The predicted molar refractivity (Wildman–Crippen MR) is 103 cm³/mol. The minimum absolute atomic E-state index is 0.112. The van der Waals surface area contributed by atoms with E-state index in [1.165, 1.54) is 47.7 Å². The highest BCUT2D eigenvalue weighted by Crippen LogP contribution is 2.31. The van der Waals surface area contributed by atoms with Gasteiger partial charge in [-0.25, -0.2) is 18.1 Å². The summed E-state index contributed by atoms with van der Waals surface area (Å²) in [5, 5.41) is 2.77. The molecule has 1 heterocycles. The third kappa shape index (κ3) is 5.11. The lowest BCUT2D eigenvalue weighted by atomic mass is 10.1. The van der Waals surface area contributed by atoms with Crippen molar-refractivity contribution in [1.29, 1.82) is 0 Å². The average Bonchev–Trinajstić information content (AvgIpc) is 3.10. The van der Waals surface area contributed by atoms with Crippen LogP contribution in [0.3, 0.4) is 0 Å². The number of benzene rings is 2. The number of sulfonamides is 1. The van der Waals surface area contributed by atoms with Crippen LogP contribution >= 0.6 is 22.9 Å². The fourth-order valence-corrected chi connectivity index (χ4v) is 4.38. The Morgan fingerprint density at radius 1 is 1.04 bits per heavy atom. The number of halogens is 4. The fraction of sp³-hybridized carbons (Fsp3) is 0.167. The molecule has 0 aliphatic heterocycles. The first kappa shape index (κ1) is 20.8. The van der Waals surface area contributed by atoms with E-state index in [0.29, 0.717) is 27.7 Å². The van der Waals surface area contributed by atoms with E-state index >= 15 is 0 Å². The van der Waals surface area contributed by atoms with Crippen molar-refractivity contribution in [2.24, 2.45) is 0 Å². The normalized spacial score (nSPS) is 12.3. The lowest BCUT2D eigenvalue weighted by molar-refractivity contribution is -0.137. The van der Waals surface area contributed by atoms with E-state index in [1.807, 2.05) is 0 Å². The van der Waals surface area contributed by atoms with Crippen molar-refractivity contribution in [2.75, 3.05) is 6.54 Å². The number of thiazole rings is 1. The number of hydrogen-bond acceptors (Lipinski definition) is 4. The van der Waals surface area contributed by atoms with Gasteiger partial charge >= 0.3 is 6.18 Å². The molecule has 0 saturated heterocycles. The summed E-state index contributed by atoms with van der Waals surface area (Å²) in [6.07, 6.45) is -4.03. The molecule has 0 bridgehead atoms. The summed E-state index contributed by atoms with van der Waals surface area (Å²) >= 11 is 7.04. The third-order valence-electron chi connectivity index (χ3n) is 3.81. The van der Waals surface area contributed by atoms with Gasteiger partial charge in [0.2, 0.25) is 10.0 Å². The Kier molecular flexibility index (Phi) is 6.09. The molecular weight excluding hydrogens is 433 g/mol. The molecule has 0 spiro atoms. The minimum atomic E-state index is -4.38. The molecule has 10 heteroatoms. The van der Waals surface area contributed by atoms with Gasteiger partial charge in [0.15, 0.2) is 0 Å².